The zero-order valence-corrected chi connectivity index (χ0v) is 15.0. The van der Waals surface area contributed by atoms with Crippen LogP contribution in [-0.2, 0) is 12.0 Å². The molecular weight excluding hydrogens is 298 g/mol. The standard InChI is InChI=1S/C21H29NO2/c1-4-21(23,19-11-8-12-20(15-19)24-3)17(2)16-22-14-13-18-9-6-5-7-10-18/h5-12,15,17,22-23H,4,13-14,16H2,1-3H3. The summed E-state index contributed by atoms with van der Waals surface area (Å²) >= 11 is 0. The first-order valence-corrected chi connectivity index (χ1v) is 8.71. The molecule has 3 heteroatoms. The van der Waals surface area contributed by atoms with Gasteiger partial charge in [0, 0.05) is 12.5 Å². The average molecular weight is 327 g/mol. The van der Waals surface area contributed by atoms with Crippen LogP contribution in [0.25, 0.3) is 0 Å². The predicted molar refractivity (Wildman–Crippen MR) is 99.4 cm³/mol. The van der Waals surface area contributed by atoms with Gasteiger partial charge in [-0.15, -0.1) is 0 Å². The molecule has 3 nitrogen and oxygen atoms in total. The topological polar surface area (TPSA) is 41.5 Å². The Morgan fingerprint density at radius 2 is 1.88 bits per heavy atom. The van der Waals surface area contributed by atoms with Crippen LogP contribution in [0, 0.1) is 5.92 Å². The van der Waals surface area contributed by atoms with Crippen LogP contribution < -0.4 is 10.1 Å². The summed E-state index contributed by atoms with van der Waals surface area (Å²) in [5.74, 6) is 0.883. The van der Waals surface area contributed by atoms with Crippen molar-refractivity contribution in [2.24, 2.45) is 5.92 Å². The molecule has 0 aliphatic rings. The van der Waals surface area contributed by atoms with E-state index in [1.807, 2.05) is 37.3 Å². The second-order valence-corrected chi connectivity index (χ2v) is 6.35. The van der Waals surface area contributed by atoms with Gasteiger partial charge in [0.25, 0.3) is 0 Å². The van der Waals surface area contributed by atoms with Crippen LogP contribution in [0.2, 0.25) is 0 Å². The molecule has 0 radical (unpaired) electrons. The van der Waals surface area contributed by atoms with Gasteiger partial charge in [-0.25, -0.2) is 0 Å². The van der Waals surface area contributed by atoms with Crippen molar-refractivity contribution in [2.45, 2.75) is 32.3 Å². The molecule has 2 N–H and O–H groups in total. The van der Waals surface area contributed by atoms with E-state index in [0.29, 0.717) is 6.42 Å². The number of benzene rings is 2. The van der Waals surface area contributed by atoms with Crippen molar-refractivity contribution in [3.05, 3.63) is 65.7 Å². The highest BCUT2D eigenvalue weighted by Crippen LogP contribution is 2.34. The molecule has 0 bridgehead atoms. The van der Waals surface area contributed by atoms with Crippen LogP contribution in [0.4, 0.5) is 0 Å². The van der Waals surface area contributed by atoms with E-state index in [2.05, 4.69) is 36.5 Å². The number of hydrogen-bond donors (Lipinski definition) is 2. The lowest BCUT2D eigenvalue weighted by Crippen LogP contribution is -2.39. The molecule has 2 rings (SSSR count). The molecule has 0 amide bonds. The minimum atomic E-state index is -0.853. The predicted octanol–water partition coefficient (Wildman–Crippen LogP) is 3.76. The molecule has 0 aliphatic heterocycles. The van der Waals surface area contributed by atoms with Crippen molar-refractivity contribution in [3.8, 4) is 5.75 Å². The fraction of sp³-hybridized carbons (Fsp3) is 0.429. The first kappa shape index (κ1) is 18.5. The summed E-state index contributed by atoms with van der Waals surface area (Å²) in [5, 5.41) is 14.7. The van der Waals surface area contributed by atoms with Crippen LogP contribution >= 0.6 is 0 Å². The highest BCUT2D eigenvalue weighted by Gasteiger charge is 2.33. The summed E-state index contributed by atoms with van der Waals surface area (Å²) < 4.78 is 5.30. The van der Waals surface area contributed by atoms with Crippen LogP contribution in [0.5, 0.6) is 5.75 Å². The van der Waals surface area contributed by atoms with E-state index in [1.54, 1.807) is 7.11 Å². The van der Waals surface area contributed by atoms with Crippen molar-refractivity contribution < 1.29 is 9.84 Å². The number of rotatable bonds is 9. The van der Waals surface area contributed by atoms with E-state index < -0.39 is 5.60 Å². The normalized spacial score (nSPS) is 14.8. The van der Waals surface area contributed by atoms with Crippen molar-refractivity contribution >= 4 is 0 Å². The zero-order chi connectivity index (χ0) is 17.4. The Kier molecular flexibility index (Phi) is 6.83. The van der Waals surface area contributed by atoms with E-state index in [0.717, 1.165) is 30.8 Å². The van der Waals surface area contributed by atoms with Gasteiger partial charge in [0.1, 0.15) is 5.75 Å². The maximum atomic E-state index is 11.2. The highest BCUT2D eigenvalue weighted by atomic mass is 16.5. The third-order valence-electron chi connectivity index (χ3n) is 4.81. The van der Waals surface area contributed by atoms with Gasteiger partial charge in [-0.2, -0.15) is 0 Å². The summed E-state index contributed by atoms with van der Waals surface area (Å²) in [7, 11) is 1.65. The van der Waals surface area contributed by atoms with E-state index in [4.69, 9.17) is 4.74 Å². The maximum absolute atomic E-state index is 11.2. The van der Waals surface area contributed by atoms with Crippen molar-refractivity contribution in [3.63, 3.8) is 0 Å². The third kappa shape index (κ3) is 4.59. The quantitative estimate of drug-likeness (QED) is 0.689. The second kappa shape index (κ2) is 8.86. The minimum Gasteiger partial charge on any atom is -0.497 e. The summed E-state index contributed by atoms with van der Waals surface area (Å²) in [5.41, 5.74) is 1.40. The van der Waals surface area contributed by atoms with Gasteiger partial charge in [0.2, 0.25) is 0 Å². The fourth-order valence-corrected chi connectivity index (χ4v) is 3.09. The third-order valence-corrected chi connectivity index (χ3v) is 4.81. The lowest BCUT2D eigenvalue weighted by Gasteiger charge is -2.34. The number of ether oxygens (including phenoxy) is 1. The Balaban J connectivity index is 1.93. The molecular formula is C21H29NO2. The highest BCUT2D eigenvalue weighted by molar-refractivity contribution is 5.32. The van der Waals surface area contributed by atoms with Crippen LogP contribution in [0.15, 0.2) is 54.6 Å². The van der Waals surface area contributed by atoms with E-state index >= 15 is 0 Å². The van der Waals surface area contributed by atoms with Gasteiger partial charge in [-0.3, -0.25) is 0 Å². The summed E-state index contributed by atoms with van der Waals surface area (Å²) in [6.07, 6.45) is 1.67. The average Bonchev–Trinajstić information content (AvgIpc) is 2.65. The maximum Gasteiger partial charge on any atom is 0.119 e. The first-order chi connectivity index (χ1) is 11.6. The molecule has 0 spiro atoms. The van der Waals surface area contributed by atoms with Crippen molar-refractivity contribution in [2.75, 3.05) is 20.2 Å². The second-order valence-electron chi connectivity index (χ2n) is 6.35. The van der Waals surface area contributed by atoms with E-state index in [9.17, 15) is 5.11 Å². The Bertz CT molecular complexity index is 614. The van der Waals surface area contributed by atoms with Crippen molar-refractivity contribution in [1.29, 1.82) is 0 Å². The molecule has 24 heavy (non-hydrogen) atoms. The Morgan fingerprint density at radius 3 is 2.54 bits per heavy atom. The fourth-order valence-electron chi connectivity index (χ4n) is 3.09. The van der Waals surface area contributed by atoms with Gasteiger partial charge in [0.05, 0.1) is 12.7 Å². The SMILES string of the molecule is CCC(O)(c1cccc(OC)c1)C(C)CNCCc1ccccc1. The van der Waals surface area contributed by atoms with Gasteiger partial charge in [-0.05, 0) is 42.6 Å². The smallest absolute Gasteiger partial charge is 0.119 e. The molecule has 0 aliphatic carbocycles. The Labute approximate surface area is 145 Å². The van der Waals surface area contributed by atoms with Crippen LogP contribution in [0.1, 0.15) is 31.4 Å². The first-order valence-electron chi connectivity index (χ1n) is 8.71. The Morgan fingerprint density at radius 1 is 1.12 bits per heavy atom. The minimum absolute atomic E-state index is 0.102. The summed E-state index contributed by atoms with van der Waals surface area (Å²) in [6.45, 7) is 5.80. The summed E-state index contributed by atoms with van der Waals surface area (Å²) in [6, 6.07) is 18.2. The lowest BCUT2D eigenvalue weighted by molar-refractivity contribution is -0.0206. The monoisotopic (exact) mass is 327 g/mol. The molecule has 2 atom stereocenters. The molecule has 0 fully saturated rings. The van der Waals surface area contributed by atoms with Crippen LogP contribution in [0.3, 0.4) is 0 Å². The van der Waals surface area contributed by atoms with Gasteiger partial charge >= 0.3 is 0 Å². The number of methoxy groups -OCH3 is 1. The largest absolute Gasteiger partial charge is 0.497 e. The molecule has 2 aromatic rings. The Hall–Kier alpha value is -1.84. The molecule has 0 heterocycles. The zero-order valence-electron chi connectivity index (χ0n) is 15.0. The summed E-state index contributed by atoms with van der Waals surface area (Å²) in [4.78, 5) is 0. The van der Waals surface area contributed by atoms with Crippen LogP contribution in [-0.4, -0.2) is 25.3 Å². The van der Waals surface area contributed by atoms with Gasteiger partial charge in [-0.1, -0.05) is 56.3 Å². The van der Waals surface area contributed by atoms with Gasteiger partial charge < -0.3 is 15.2 Å². The van der Waals surface area contributed by atoms with E-state index in [-0.39, 0.29) is 5.92 Å². The molecule has 0 saturated carbocycles. The molecule has 2 aromatic carbocycles. The number of hydrogen-bond acceptors (Lipinski definition) is 3. The number of nitrogens with one attached hydrogen (secondary N) is 1. The number of aliphatic hydroxyl groups is 1. The molecule has 0 aromatic heterocycles. The van der Waals surface area contributed by atoms with E-state index in [1.165, 1.54) is 5.56 Å². The molecule has 2 unspecified atom stereocenters. The van der Waals surface area contributed by atoms with Gasteiger partial charge in [0.15, 0.2) is 0 Å². The molecule has 0 saturated heterocycles. The molecule has 130 valence electrons. The lowest BCUT2D eigenvalue weighted by atomic mass is 9.80. The van der Waals surface area contributed by atoms with Crippen molar-refractivity contribution in [1.82, 2.24) is 5.32 Å².